The van der Waals surface area contributed by atoms with Crippen LogP contribution in [-0.4, -0.2) is 37.8 Å². The molecule has 2 N–H and O–H groups in total. The van der Waals surface area contributed by atoms with E-state index in [0.717, 1.165) is 0 Å². The van der Waals surface area contributed by atoms with Crippen LogP contribution < -0.4 is 15.4 Å². The number of nitriles is 1. The minimum absolute atomic E-state index is 0.00610. The predicted molar refractivity (Wildman–Crippen MR) is 98.9 cm³/mol. The monoisotopic (exact) mass is 367 g/mol. The van der Waals surface area contributed by atoms with Crippen LogP contribution in [0.4, 0.5) is 5.69 Å². The second-order valence-corrected chi connectivity index (χ2v) is 6.44. The van der Waals surface area contributed by atoms with Crippen LogP contribution in [0.3, 0.4) is 0 Å². The van der Waals surface area contributed by atoms with Crippen molar-refractivity contribution < 1.29 is 14.3 Å². The van der Waals surface area contributed by atoms with Crippen LogP contribution in [0.25, 0.3) is 0 Å². The van der Waals surface area contributed by atoms with Crippen molar-refractivity contribution in [3.8, 4) is 11.8 Å². The first-order valence-electron chi connectivity index (χ1n) is 8.29. The summed E-state index contributed by atoms with van der Waals surface area (Å²) in [5, 5.41) is 15.5. The Morgan fingerprint density at radius 1 is 1.40 bits per heavy atom. The molecular weight excluding hydrogens is 342 g/mol. The number of carbonyl (C=O) groups is 1. The lowest BCUT2D eigenvalue weighted by molar-refractivity contribution is -0.121. The molecule has 0 radical (unpaired) electrons. The molecule has 0 spiro atoms. The average Bonchev–Trinajstić information content (AvgIpc) is 2.58. The maximum atomic E-state index is 12.2. The van der Waals surface area contributed by atoms with Gasteiger partial charge in [-0.05, 0) is 31.9 Å². The summed E-state index contributed by atoms with van der Waals surface area (Å²) in [5.74, 6) is 0.187. The number of benzene rings is 1. The van der Waals surface area contributed by atoms with Crippen LogP contribution in [0.5, 0.6) is 5.75 Å². The Bertz CT molecular complexity index is 616. The lowest BCUT2D eigenvalue weighted by atomic mass is 9.90. The summed E-state index contributed by atoms with van der Waals surface area (Å²) >= 11 is 6.18. The van der Waals surface area contributed by atoms with E-state index in [2.05, 4.69) is 16.7 Å². The van der Waals surface area contributed by atoms with Crippen molar-refractivity contribution in [2.75, 3.05) is 31.7 Å². The fourth-order valence-electron chi connectivity index (χ4n) is 1.95. The summed E-state index contributed by atoms with van der Waals surface area (Å²) in [7, 11) is 0. The highest BCUT2D eigenvalue weighted by Gasteiger charge is 2.29. The van der Waals surface area contributed by atoms with Crippen LogP contribution in [0.15, 0.2) is 18.2 Å². The van der Waals surface area contributed by atoms with Gasteiger partial charge in [-0.2, -0.15) is 5.26 Å². The molecule has 0 aliphatic carbocycles. The molecule has 138 valence electrons. The lowest BCUT2D eigenvalue weighted by Gasteiger charge is -2.27. The van der Waals surface area contributed by atoms with Crippen LogP contribution in [-0.2, 0) is 9.53 Å². The van der Waals surface area contributed by atoms with Gasteiger partial charge in [0.15, 0.2) is 5.75 Å². The van der Waals surface area contributed by atoms with Gasteiger partial charge in [-0.1, -0.05) is 31.5 Å². The van der Waals surface area contributed by atoms with Crippen molar-refractivity contribution >= 4 is 23.2 Å². The Morgan fingerprint density at radius 2 is 2.12 bits per heavy atom. The molecule has 0 bridgehead atoms. The highest BCUT2D eigenvalue weighted by atomic mass is 35.5. The number of hydrogen-bond donors (Lipinski definition) is 2. The molecular formula is C18H26ClN3O3. The number of anilines is 1. The number of rotatable bonds is 10. The van der Waals surface area contributed by atoms with E-state index < -0.39 is 5.54 Å². The van der Waals surface area contributed by atoms with Gasteiger partial charge in [-0.15, -0.1) is 0 Å². The second-order valence-electron chi connectivity index (χ2n) is 6.03. The summed E-state index contributed by atoms with van der Waals surface area (Å²) in [4.78, 5) is 12.2. The van der Waals surface area contributed by atoms with Crippen LogP contribution >= 0.6 is 11.6 Å². The smallest absolute Gasteiger partial charge is 0.240 e. The number of para-hydroxylation sites is 1. The van der Waals surface area contributed by atoms with Gasteiger partial charge in [0.05, 0.1) is 29.9 Å². The van der Waals surface area contributed by atoms with Gasteiger partial charge in [-0.25, -0.2) is 0 Å². The first-order chi connectivity index (χ1) is 11.8. The number of ether oxygens (including phenoxy) is 2. The molecule has 0 aliphatic rings. The standard InChI is InChI=1S/C18H26ClN3O3/c1-5-24-9-10-25-17-14(19)7-6-8-15(17)21-11-16(23)22-18(4,12-20)13(2)3/h6-8,13,21H,5,9-11H2,1-4H3,(H,22,23)/t18-/m0/s1. The van der Waals surface area contributed by atoms with Crippen LogP contribution in [0.1, 0.15) is 27.7 Å². The molecule has 1 aromatic rings. The van der Waals surface area contributed by atoms with E-state index in [0.29, 0.717) is 36.3 Å². The van der Waals surface area contributed by atoms with Crippen molar-refractivity contribution in [1.82, 2.24) is 5.32 Å². The summed E-state index contributed by atoms with van der Waals surface area (Å²) in [5.41, 5.74) is -0.299. The average molecular weight is 368 g/mol. The molecule has 1 atom stereocenters. The third kappa shape index (κ3) is 6.45. The number of nitrogens with zero attached hydrogens (tertiary/aromatic N) is 1. The third-order valence-corrected chi connectivity index (χ3v) is 4.17. The number of nitrogens with one attached hydrogen (secondary N) is 2. The SMILES string of the molecule is CCOCCOc1c(Cl)cccc1NCC(=O)N[C@@](C)(C#N)C(C)C. The molecule has 7 heteroatoms. The zero-order chi connectivity index (χ0) is 18.9. The minimum Gasteiger partial charge on any atom is -0.487 e. The fraction of sp³-hybridized carbons (Fsp3) is 0.556. The van der Waals surface area contributed by atoms with Crippen molar-refractivity contribution in [1.29, 1.82) is 5.26 Å². The molecule has 1 rings (SSSR count). The Balaban J connectivity index is 2.69. The van der Waals surface area contributed by atoms with Gasteiger partial charge >= 0.3 is 0 Å². The molecule has 1 aromatic carbocycles. The van der Waals surface area contributed by atoms with Gasteiger partial charge in [0.25, 0.3) is 0 Å². The molecule has 0 saturated carbocycles. The molecule has 25 heavy (non-hydrogen) atoms. The molecule has 0 heterocycles. The van der Waals surface area contributed by atoms with Gasteiger partial charge in [-0.3, -0.25) is 4.79 Å². The number of carbonyl (C=O) groups excluding carboxylic acids is 1. The predicted octanol–water partition coefficient (Wildman–Crippen LogP) is 3.22. The van der Waals surface area contributed by atoms with E-state index in [1.165, 1.54) is 0 Å². The first kappa shape index (κ1) is 21.1. The molecule has 0 fully saturated rings. The van der Waals surface area contributed by atoms with Crippen molar-refractivity contribution in [2.45, 2.75) is 33.2 Å². The van der Waals surface area contributed by atoms with Gasteiger partial charge in [0.1, 0.15) is 12.1 Å². The first-order valence-corrected chi connectivity index (χ1v) is 8.67. The van der Waals surface area contributed by atoms with Crippen LogP contribution in [0, 0.1) is 17.2 Å². The Hall–Kier alpha value is -1.97. The zero-order valence-corrected chi connectivity index (χ0v) is 15.9. The maximum absolute atomic E-state index is 12.2. The summed E-state index contributed by atoms with van der Waals surface area (Å²) in [6.07, 6.45) is 0. The maximum Gasteiger partial charge on any atom is 0.240 e. The zero-order valence-electron chi connectivity index (χ0n) is 15.2. The third-order valence-electron chi connectivity index (χ3n) is 3.87. The topological polar surface area (TPSA) is 83.4 Å². The second kappa shape index (κ2) is 10.1. The molecule has 0 saturated heterocycles. The van der Waals surface area contributed by atoms with E-state index in [1.54, 1.807) is 25.1 Å². The molecule has 0 aromatic heterocycles. The number of hydrogen-bond acceptors (Lipinski definition) is 5. The number of amides is 1. The van der Waals surface area contributed by atoms with Gasteiger partial charge in [0.2, 0.25) is 5.91 Å². The van der Waals surface area contributed by atoms with E-state index in [4.69, 9.17) is 21.1 Å². The molecule has 0 unspecified atom stereocenters. The highest BCUT2D eigenvalue weighted by molar-refractivity contribution is 6.32. The Labute approximate surface area is 154 Å². The Morgan fingerprint density at radius 3 is 2.72 bits per heavy atom. The van der Waals surface area contributed by atoms with Gasteiger partial charge < -0.3 is 20.1 Å². The molecule has 6 nitrogen and oxygen atoms in total. The summed E-state index contributed by atoms with van der Waals surface area (Å²) in [6, 6.07) is 7.41. The highest BCUT2D eigenvalue weighted by Crippen LogP contribution is 2.32. The molecule has 1 amide bonds. The van der Waals surface area contributed by atoms with Crippen molar-refractivity contribution in [3.63, 3.8) is 0 Å². The minimum atomic E-state index is -0.913. The number of halogens is 1. The fourth-order valence-corrected chi connectivity index (χ4v) is 2.18. The van der Waals surface area contributed by atoms with E-state index in [-0.39, 0.29) is 18.4 Å². The Kier molecular flexibility index (Phi) is 8.53. The normalized spacial score (nSPS) is 13.0. The van der Waals surface area contributed by atoms with Gasteiger partial charge in [0, 0.05) is 6.61 Å². The largest absolute Gasteiger partial charge is 0.487 e. The molecule has 0 aliphatic heterocycles. The van der Waals surface area contributed by atoms with Crippen molar-refractivity contribution in [3.05, 3.63) is 23.2 Å². The van der Waals surface area contributed by atoms with Crippen LogP contribution in [0.2, 0.25) is 5.02 Å². The van der Waals surface area contributed by atoms with E-state index in [1.807, 2.05) is 20.8 Å². The summed E-state index contributed by atoms with van der Waals surface area (Å²) in [6.45, 7) is 8.83. The van der Waals surface area contributed by atoms with E-state index >= 15 is 0 Å². The quantitative estimate of drug-likeness (QED) is 0.620. The summed E-state index contributed by atoms with van der Waals surface area (Å²) < 4.78 is 10.9. The van der Waals surface area contributed by atoms with Crippen molar-refractivity contribution in [2.24, 2.45) is 5.92 Å². The lowest BCUT2D eigenvalue weighted by Crippen LogP contribution is -2.50. The van der Waals surface area contributed by atoms with E-state index in [9.17, 15) is 10.1 Å².